The van der Waals surface area contributed by atoms with E-state index in [-0.39, 0.29) is 0 Å². The molecule has 0 aliphatic carbocycles. The summed E-state index contributed by atoms with van der Waals surface area (Å²) in [6, 6.07) is 14.4. The van der Waals surface area contributed by atoms with Crippen LogP contribution >= 0.6 is 15.9 Å². The molecule has 2 nitrogen and oxygen atoms in total. The fourth-order valence-electron chi connectivity index (χ4n) is 1.95. The van der Waals surface area contributed by atoms with Crippen LogP contribution < -0.4 is 10.2 Å². The van der Waals surface area contributed by atoms with Crippen molar-refractivity contribution < 1.29 is 9.47 Å². The van der Waals surface area contributed by atoms with Crippen molar-refractivity contribution >= 4 is 29.2 Å². The highest BCUT2D eigenvalue weighted by Crippen LogP contribution is 2.16. The van der Waals surface area contributed by atoms with E-state index < -0.39 is 0 Å². The molecule has 0 unspecified atom stereocenters. The molecule has 0 bridgehead atoms. The number of hydrogen-bond acceptors (Lipinski definition) is 2. The van der Waals surface area contributed by atoms with Crippen molar-refractivity contribution in [2.75, 3.05) is 13.7 Å². The van der Waals surface area contributed by atoms with Gasteiger partial charge in [-0.25, -0.2) is 0 Å². The average molecular weight is 333 g/mol. The predicted molar refractivity (Wildman–Crippen MR) is 88.7 cm³/mol. The van der Waals surface area contributed by atoms with Crippen molar-refractivity contribution in [3.05, 3.63) is 58.1 Å². The Labute approximate surface area is 129 Å². The summed E-state index contributed by atoms with van der Waals surface area (Å²) in [5.41, 5.74) is 3.71. The van der Waals surface area contributed by atoms with Gasteiger partial charge < -0.3 is 9.47 Å². The van der Waals surface area contributed by atoms with E-state index in [4.69, 9.17) is 9.47 Å². The molecule has 0 saturated carbocycles. The standard InChI is InChI=1S/C16H18BBrO2/c1-19-15-6-2-12(3-7-15)11-20-9-8-13-4-5-14(17)10-16(13)18/h2-7,10H,8-9,11,17H2,1H3. The number of halogens is 1. The van der Waals surface area contributed by atoms with Crippen molar-refractivity contribution in [2.45, 2.75) is 13.0 Å². The minimum Gasteiger partial charge on any atom is -0.497 e. The van der Waals surface area contributed by atoms with Crippen LogP contribution in [0.1, 0.15) is 11.1 Å². The number of hydrogen-bond donors (Lipinski definition) is 0. The van der Waals surface area contributed by atoms with Crippen molar-refractivity contribution in [1.29, 1.82) is 0 Å². The molecule has 0 heterocycles. The molecular formula is C16H18BBrO2. The van der Waals surface area contributed by atoms with Gasteiger partial charge in [-0.1, -0.05) is 51.7 Å². The second-order valence-corrected chi connectivity index (χ2v) is 5.60. The first kappa shape index (κ1) is 15.1. The van der Waals surface area contributed by atoms with Crippen LogP contribution in [0, 0.1) is 0 Å². The zero-order valence-electron chi connectivity index (χ0n) is 11.9. The second kappa shape index (κ2) is 7.51. The molecule has 0 N–H and O–H groups in total. The topological polar surface area (TPSA) is 18.5 Å². The third-order valence-electron chi connectivity index (χ3n) is 3.15. The van der Waals surface area contributed by atoms with Gasteiger partial charge in [-0.15, -0.1) is 0 Å². The predicted octanol–water partition coefficient (Wildman–Crippen LogP) is 2.48. The molecule has 20 heavy (non-hydrogen) atoms. The summed E-state index contributed by atoms with van der Waals surface area (Å²) in [6.45, 7) is 1.35. The maximum absolute atomic E-state index is 5.72. The summed E-state index contributed by atoms with van der Waals surface area (Å²) in [5.74, 6) is 0.873. The molecule has 0 aliphatic heterocycles. The first-order chi connectivity index (χ1) is 9.69. The number of methoxy groups -OCH3 is 1. The van der Waals surface area contributed by atoms with Crippen LogP contribution in [-0.2, 0) is 17.8 Å². The van der Waals surface area contributed by atoms with Crippen molar-refractivity contribution in [3.8, 4) is 5.75 Å². The van der Waals surface area contributed by atoms with Gasteiger partial charge in [-0.2, -0.15) is 0 Å². The Bertz CT molecular complexity index is 555. The highest BCUT2D eigenvalue weighted by molar-refractivity contribution is 9.10. The molecule has 4 heteroatoms. The molecule has 2 rings (SSSR count). The second-order valence-electron chi connectivity index (χ2n) is 4.75. The smallest absolute Gasteiger partial charge is 0.139 e. The van der Waals surface area contributed by atoms with Gasteiger partial charge in [0.1, 0.15) is 13.6 Å². The van der Waals surface area contributed by atoms with Crippen LogP contribution in [0.5, 0.6) is 5.75 Å². The molecule has 0 aromatic heterocycles. The minimum atomic E-state index is 0.632. The number of rotatable bonds is 6. The average Bonchev–Trinajstić information content (AvgIpc) is 2.46. The fourth-order valence-corrected chi connectivity index (χ4v) is 2.64. The van der Waals surface area contributed by atoms with E-state index >= 15 is 0 Å². The Balaban J connectivity index is 1.78. The van der Waals surface area contributed by atoms with Crippen LogP contribution in [0.15, 0.2) is 46.9 Å². The minimum absolute atomic E-state index is 0.632. The third-order valence-corrected chi connectivity index (χ3v) is 3.89. The molecule has 0 amide bonds. The fraction of sp³-hybridized carbons (Fsp3) is 0.250. The Hall–Kier alpha value is -1.26. The Kier molecular flexibility index (Phi) is 5.68. The van der Waals surface area contributed by atoms with Gasteiger partial charge in [0.15, 0.2) is 0 Å². The molecule has 2 aromatic carbocycles. The Morgan fingerprint density at radius 1 is 1.10 bits per heavy atom. The summed E-state index contributed by atoms with van der Waals surface area (Å²) in [7, 11) is 3.76. The first-order valence-corrected chi connectivity index (χ1v) is 7.44. The van der Waals surface area contributed by atoms with Gasteiger partial charge in [0.25, 0.3) is 0 Å². The lowest BCUT2D eigenvalue weighted by Gasteiger charge is -2.08. The Morgan fingerprint density at radius 2 is 1.85 bits per heavy atom. The molecule has 2 aromatic rings. The summed E-state index contributed by atoms with van der Waals surface area (Å²) >= 11 is 3.59. The maximum Gasteiger partial charge on any atom is 0.139 e. The van der Waals surface area contributed by atoms with E-state index in [9.17, 15) is 0 Å². The zero-order chi connectivity index (χ0) is 14.4. The molecule has 104 valence electrons. The van der Waals surface area contributed by atoms with Crippen molar-refractivity contribution in [3.63, 3.8) is 0 Å². The zero-order valence-corrected chi connectivity index (χ0v) is 13.4. The van der Waals surface area contributed by atoms with Gasteiger partial charge in [-0.3, -0.25) is 0 Å². The van der Waals surface area contributed by atoms with E-state index in [1.165, 1.54) is 11.0 Å². The van der Waals surface area contributed by atoms with Crippen molar-refractivity contribution in [2.24, 2.45) is 0 Å². The van der Waals surface area contributed by atoms with E-state index in [0.717, 1.165) is 22.2 Å². The van der Waals surface area contributed by atoms with E-state index in [0.29, 0.717) is 13.2 Å². The SMILES string of the molecule is Bc1ccc(CCOCc2ccc(OC)cc2)c(Br)c1. The normalized spacial score (nSPS) is 10.5. The molecule has 0 atom stereocenters. The van der Waals surface area contributed by atoms with Gasteiger partial charge >= 0.3 is 0 Å². The quantitative estimate of drug-likeness (QED) is 0.597. The number of ether oxygens (including phenoxy) is 2. The lowest BCUT2D eigenvalue weighted by atomic mass is 9.95. The summed E-state index contributed by atoms with van der Waals surface area (Å²) in [6.07, 6.45) is 0.914. The highest BCUT2D eigenvalue weighted by atomic mass is 79.9. The molecule has 0 saturated heterocycles. The Morgan fingerprint density at radius 3 is 2.50 bits per heavy atom. The lowest BCUT2D eigenvalue weighted by molar-refractivity contribution is 0.123. The molecule has 0 spiro atoms. The summed E-state index contributed by atoms with van der Waals surface area (Å²) < 4.78 is 12.0. The maximum atomic E-state index is 5.72. The van der Waals surface area contributed by atoms with Gasteiger partial charge in [-0.05, 0) is 29.7 Å². The van der Waals surface area contributed by atoms with Crippen LogP contribution in [0.2, 0.25) is 0 Å². The first-order valence-electron chi connectivity index (χ1n) is 6.65. The monoisotopic (exact) mass is 332 g/mol. The summed E-state index contributed by atoms with van der Waals surface area (Å²) in [5, 5.41) is 0. The van der Waals surface area contributed by atoms with Gasteiger partial charge in [0, 0.05) is 4.47 Å². The molecule has 0 radical (unpaired) electrons. The van der Waals surface area contributed by atoms with E-state index in [1.807, 2.05) is 24.3 Å². The molecule has 0 fully saturated rings. The van der Waals surface area contributed by atoms with Gasteiger partial charge in [0.05, 0.1) is 20.3 Å². The van der Waals surface area contributed by atoms with E-state index in [2.05, 4.69) is 42.0 Å². The van der Waals surface area contributed by atoms with Gasteiger partial charge in [0.2, 0.25) is 0 Å². The third kappa shape index (κ3) is 4.39. The number of benzene rings is 2. The van der Waals surface area contributed by atoms with Crippen LogP contribution in [0.4, 0.5) is 0 Å². The molecular weight excluding hydrogens is 315 g/mol. The van der Waals surface area contributed by atoms with Crippen LogP contribution in [0.25, 0.3) is 0 Å². The highest BCUT2D eigenvalue weighted by Gasteiger charge is 2.00. The van der Waals surface area contributed by atoms with Crippen LogP contribution in [-0.4, -0.2) is 21.6 Å². The lowest BCUT2D eigenvalue weighted by Crippen LogP contribution is -2.05. The van der Waals surface area contributed by atoms with E-state index in [1.54, 1.807) is 7.11 Å². The molecule has 0 aliphatic rings. The largest absolute Gasteiger partial charge is 0.497 e. The van der Waals surface area contributed by atoms with Crippen molar-refractivity contribution in [1.82, 2.24) is 0 Å². The van der Waals surface area contributed by atoms with Crippen LogP contribution in [0.3, 0.4) is 0 Å². The summed E-state index contributed by atoms with van der Waals surface area (Å²) in [4.78, 5) is 0.